The number of nitrogens with zero attached hydrogens (tertiary/aromatic N) is 4. The molecule has 0 radical (unpaired) electrons. The van der Waals surface area contributed by atoms with E-state index in [0.29, 0.717) is 10.9 Å². The van der Waals surface area contributed by atoms with Crippen molar-refractivity contribution in [1.82, 2.24) is 14.8 Å². The summed E-state index contributed by atoms with van der Waals surface area (Å²) >= 11 is 5.23. The standard InChI is InChI=1S/C18H21N5O3S3/c1-10(2)27-7-8-28-18-20-13-6-5-12(9-14(13)29-18)19-17(24)16-15(23(25)26)11(3)21-22(16)4/h5-6,9-10H,7-8H2,1-4H3,(H,19,24). The van der Waals surface area contributed by atoms with Gasteiger partial charge in [0.2, 0.25) is 5.69 Å². The van der Waals surface area contributed by atoms with Crippen molar-refractivity contribution in [2.24, 2.45) is 7.05 Å². The Morgan fingerprint density at radius 3 is 2.83 bits per heavy atom. The van der Waals surface area contributed by atoms with Crippen molar-refractivity contribution in [3.63, 3.8) is 0 Å². The van der Waals surface area contributed by atoms with E-state index in [4.69, 9.17) is 0 Å². The van der Waals surface area contributed by atoms with Crippen molar-refractivity contribution in [2.45, 2.75) is 30.4 Å². The number of rotatable bonds is 8. The first-order valence-corrected chi connectivity index (χ1v) is 11.8. The molecule has 11 heteroatoms. The Kier molecular flexibility index (Phi) is 6.81. The van der Waals surface area contributed by atoms with E-state index >= 15 is 0 Å². The molecule has 3 aromatic rings. The quantitative estimate of drug-likeness (QED) is 0.228. The molecule has 0 bridgehead atoms. The minimum atomic E-state index is -0.579. The topological polar surface area (TPSA) is 103 Å². The van der Waals surface area contributed by atoms with Gasteiger partial charge in [0, 0.05) is 24.2 Å². The van der Waals surface area contributed by atoms with Crippen molar-refractivity contribution in [1.29, 1.82) is 0 Å². The van der Waals surface area contributed by atoms with Crippen LogP contribution in [0, 0.1) is 17.0 Å². The van der Waals surface area contributed by atoms with Gasteiger partial charge in [-0.2, -0.15) is 16.9 Å². The van der Waals surface area contributed by atoms with E-state index in [1.807, 2.05) is 23.9 Å². The van der Waals surface area contributed by atoms with Gasteiger partial charge in [0.1, 0.15) is 5.69 Å². The number of fused-ring (bicyclic) bond motifs is 1. The first-order chi connectivity index (χ1) is 13.8. The van der Waals surface area contributed by atoms with Gasteiger partial charge in [-0.25, -0.2) is 4.98 Å². The molecular formula is C18H21N5O3S3. The molecule has 0 saturated carbocycles. The molecule has 0 fully saturated rings. The molecule has 8 nitrogen and oxygen atoms in total. The second-order valence-electron chi connectivity index (χ2n) is 6.55. The maximum Gasteiger partial charge on any atom is 0.322 e. The lowest BCUT2D eigenvalue weighted by Gasteiger charge is -2.05. The Morgan fingerprint density at radius 1 is 1.38 bits per heavy atom. The number of thioether (sulfide) groups is 2. The summed E-state index contributed by atoms with van der Waals surface area (Å²) in [6.07, 6.45) is 0. The predicted octanol–water partition coefficient (Wildman–Crippen LogP) is 4.73. The number of nitrogens with one attached hydrogen (secondary N) is 1. The van der Waals surface area contributed by atoms with E-state index in [9.17, 15) is 14.9 Å². The molecule has 1 aromatic carbocycles. The van der Waals surface area contributed by atoms with Crippen molar-refractivity contribution < 1.29 is 9.72 Å². The van der Waals surface area contributed by atoms with Crippen LogP contribution in [-0.2, 0) is 7.05 Å². The SMILES string of the molecule is Cc1nn(C)c(C(=O)Nc2ccc3nc(SCCSC(C)C)sc3c2)c1[N+](=O)[O-]. The van der Waals surface area contributed by atoms with Crippen LogP contribution in [0.25, 0.3) is 10.2 Å². The van der Waals surface area contributed by atoms with E-state index in [1.165, 1.54) is 18.7 Å². The van der Waals surface area contributed by atoms with Crippen LogP contribution in [0.1, 0.15) is 30.0 Å². The van der Waals surface area contributed by atoms with Gasteiger partial charge in [0.25, 0.3) is 5.91 Å². The largest absolute Gasteiger partial charge is 0.322 e. The fourth-order valence-corrected chi connectivity index (χ4v) is 5.78. The van der Waals surface area contributed by atoms with Crippen LogP contribution in [0.3, 0.4) is 0 Å². The summed E-state index contributed by atoms with van der Waals surface area (Å²) in [5.41, 5.74) is 1.29. The van der Waals surface area contributed by atoms with E-state index in [-0.39, 0.29) is 17.1 Å². The number of nitro groups is 1. The van der Waals surface area contributed by atoms with Crippen molar-refractivity contribution in [3.8, 4) is 0 Å². The van der Waals surface area contributed by atoms with Crippen molar-refractivity contribution in [3.05, 3.63) is 39.7 Å². The van der Waals surface area contributed by atoms with Crippen LogP contribution in [-0.4, -0.2) is 42.4 Å². The number of aromatic nitrogens is 3. The van der Waals surface area contributed by atoms with Crippen LogP contribution < -0.4 is 5.32 Å². The Bertz CT molecular complexity index is 1060. The zero-order valence-corrected chi connectivity index (χ0v) is 18.9. The van der Waals surface area contributed by atoms with E-state index in [1.54, 1.807) is 29.2 Å². The second kappa shape index (κ2) is 9.14. The summed E-state index contributed by atoms with van der Waals surface area (Å²) in [4.78, 5) is 28.0. The number of anilines is 1. The van der Waals surface area contributed by atoms with Crippen LogP contribution in [0.4, 0.5) is 11.4 Å². The molecule has 0 spiro atoms. The van der Waals surface area contributed by atoms with E-state index in [0.717, 1.165) is 26.1 Å². The molecule has 2 aromatic heterocycles. The summed E-state index contributed by atoms with van der Waals surface area (Å²) in [6.45, 7) is 5.88. The number of aryl methyl sites for hydroxylation is 2. The fraction of sp³-hybridized carbons (Fsp3) is 0.389. The van der Waals surface area contributed by atoms with Gasteiger partial charge in [-0.3, -0.25) is 19.6 Å². The number of hydrogen-bond acceptors (Lipinski definition) is 8. The molecule has 154 valence electrons. The third-order valence-electron chi connectivity index (χ3n) is 3.98. The van der Waals surface area contributed by atoms with Crippen molar-refractivity contribution >= 4 is 62.4 Å². The maximum atomic E-state index is 12.6. The number of hydrogen-bond donors (Lipinski definition) is 1. The predicted molar refractivity (Wildman–Crippen MR) is 120 cm³/mol. The van der Waals surface area contributed by atoms with Crippen LogP contribution >= 0.6 is 34.9 Å². The highest BCUT2D eigenvalue weighted by Crippen LogP contribution is 2.32. The smallest absolute Gasteiger partial charge is 0.320 e. The normalized spacial score (nSPS) is 11.3. The Morgan fingerprint density at radius 2 is 2.14 bits per heavy atom. The minimum Gasteiger partial charge on any atom is -0.320 e. The van der Waals surface area contributed by atoms with E-state index < -0.39 is 10.8 Å². The average Bonchev–Trinajstić information content (AvgIpc) is 3.17. The van der Waals surface area contributed by atoms with Gasteiger partial charge in [-0.15, -0.1) is 11.3 Å². The first kappa shape index (κ1) is 21.6. The molecule has 0 aliphatic heterocycles. The Balaban J connectivity index is 1.74. The molecule has 0 aliphatic rings. The molecule has 1 amide bonds. The summed E-state index contributed by atoms with van der Waals surface area (Å²) < 4.78 is 3.18. The third-order valence-corrected chi connectivity index (χ3v) is 7.50. The molecule has 0 saturated heterocycles. The molecule has 0 atom stereocenters. The number of carbonyl (C=O) groups is 1. The van der Waals surface area contributed by atoms with Gasteiger partial charge in [0.15, 0.2) is 4.34 Å². The molecular weight excluding hydrogens is 430 g/mol. The number of thiazole rings is 1. The van der Waals surface area contributed by atoms with Crippen LogP contribution in [0.2, 0.25) is 0 Å². The third kappa shape index (κ3) is 5.09. The molecule has 0 unspecified atom stereocenters. The van der Waals surface area contributed by atoms with Gasteiger partial charge in [-0.1, -0.05) is 25.6 Å². The zero-order valence-electron chi connectivity index (χ0n) is 16.5. The monoisotopic (exact) mass is 451 g/mol. The summed E-state index contributed by atoms with van der Waals surface area (Å²) in [7, 11) is 1.52. The van der Waals surface area contributed by atoms with Crippen molar-refractivity contribution in [2.75, 3.05) is 16.8 Å². The highest BCUT2D eigenvalue weighted by atomic mass is 32.2. The lowest BCUT2D eigenvalue weighted by Crippen LogP contribution is -2.17. The maximum absolute atomic E-state index is 12.6. The molecule has 2 heterocycles. The molecule has 0 aliphatic carbocycles. The zero-order chi connectivity index (χ0) is 21.1. The summed E-state index contributed by atoms with van der Waals surface area (Å²) in [6, 6.07) is 5.43. The number of amides is 1. The van der Waals surface area contributed by atoms with Gasteiger partial charge in [0.05, 0.1) is 15.1 Å². The Hall–Kier alpha value is -2.11. The van der Waals surface area contributed by atoms with E-state index in [2.05, 4.69) is 29.2 Å². The average molecular weight is 452 g/mol. The highest BCUT2D eigenvalue weighted by molar-refractivity contribution is 8.04. The first-order valence-electron chi connectivity index (χ1n) is 8.90. The number of carbonyl (C=O) groups excluding carboxylic acids is 1. The van der Waals surface area contributed by atoms with Gasteiger partial charge >= 0.3 is 5.69 Å². The van der Waals surface area contributed by atoms with Gasteiger partial charge < -0.3 is 5.32 Å². The summed E-state index contributed by atoms with van der Waals surface area (Å²) in [5, 5.41) is 18.7. The fourth-order valence-electron chi connectivity index (χ4n) is 2.77. The molecule has 3 rings (SSSR count). The lowest BCUT2D eigenvalue weighted by atomic mass is 10.2. The van der Waals surface area contributed by atoms with Crippen LogP contribution in [0.5, 0.6) is 0 Å². The minimum absolute atomic E-state index is 0.0733. The Labute approximate surface area is 180 Å². The molecule has 29 heavy (non-hydrogen) atoms. The lowest BCUT2D eigenvalue weighted by molar-refractivity contribution is -0.385. The number of benzene rings is 1. The highest BCUT2D eigenvalue weighted by Gasteiger charge is 2.29. The molecule has 1 N–H and O–H groups in total. The van der Waals surface area contributed by atoms with Crippen LogP contribution in [0.15, 0.2) is 22.5 Å². The second-order valence-corrected chi connectivity index (χ2v) is 10.6. The van der Waals surface area contributed by atoms with Gasteiger partial charge in [-0.05, 0) is 30.4 Å². The summed E-state index contributed by atoms with van der Waals surface area (Å²) in [5.74, 6) is 1.50.